The zero-order chi connectivity index (χ0) is 14.7. The molecule has 0 saturated carbocycles. The molecular formula is C16H16N4O. The molecule has 0 radical (unpaired) electrons. The van der Waals surface area contributed by atoms with Gasteiger partial charge in [0, 0.05) is 6.54 Å². The molecule has 5 nitrogen and oxygen atoms in total. The maximum atomic E-state index is 5.12. The number of azo groups is 1. The standard InChI is InChI=1S/C16H16N4O/c1-3-20-15-7-5-4-6-14(15)17-16(20)19-18-12-8-10-13(21-2)11-9-12/h4-11H,3H2,1-2H3. The Labute approximate surface area is 122 Å². The normalized spacial score (nSPS) is 11.3. The van der Waals surface area contributed by atoms with Gasteiger partial charge in [-0.3, -0.25) is 0 Å². The van der Waals surface area contributed by atoms with E-state index >= 15 is 0 Å². The van der Waals surface area contributed by atoms with E-state index in [0.29, 0.717) is 5.95 Å². The van der Waals surface area contributed by atoms with E-state index in [0.717, 1.165) is 29.0 Å². The summed E-state index contributed by atoms with van der Waals surface area (Å²) in [7, 11) is 1.64. The number of hydrogen-bond donors (Lipinski definition) is 0. The third kappa shape index (κ3) is 2.63. The molecule has 3 aromatic rings. The number of fused-ring (bicyclic) bond motifs is 1. The largest absolute Gasteiger partial charge is 0.497 e. The highest BCUT2D eigenvalue weighted by Crippen LogP contribution is 2.24. The van der Waals surface area contributed by atoms with Crippen molar-refractivity contribution in [1.29, 1.82) is 0 Å². The average Bonchev–Trinajstić information content (AvgIpc) is 2.91. The van der Waals surface area contributed by atoms with Crippen LogP contribution in [0.4, 0.5) is 11.6 Å². The molecule has 0 bridgehead atoms. The maximum Gasteiger partial charge on any atom is 0.250 e. The average molecular weight is 280 g/mol. The number of aryl methyl sites for hydroxylation is 1. The van der Waals surface area contributed by atoms with E-state index in [-0.39, 0.29) is 0 Å². The summed E-state index contributed by atoms with van der Waals surface area (Å²) >= 11 is 0. The number of imidazole rings is 1. The highest BCUT2D eigenvalue weighted by atomic mass is 16.5. The lowest BCUT2D eigenvalue weighted by Crippen LogP contribution is -1.92. The Balaban J connectivity index is 1.94. The molecule has 1 aromatic heterocycles. The molecule has 2 aromatic carbocycles. The Morgan fingerprint density at radius 3 is 2.52 bits per heavy atom. The van der Waals surface area contributed by atoms with Gasteiger partial charge in [-0.05, 0) is 43.3 Å². The molecule has 0 atom stereocenters. The SMILES string of the molecule is CCn1c(N=Nc2ccc(OC)cc2)nc2ccccc21. The summed E-state index contributed by atoms with van der Waals surface area (Å²) in [5, 5.41) is 8.52. The fourth-order valence-corrected chi connectivity index (χ4v) is 2.20. The van der Waals surface area contributed by atoms with Crippen LogP contribution >= 0.6 is 0 Å². The summed E-state index contributed by atoms with van der Waals surface area (Å²) in [5.74, 6) is 1.42. The summed E-state index contributed by atoms with van der Waals surface area (Å²) in [6.07, 6.45) is 0. The number of methoxy groups -OCH3 is 1. The van der Waals surface area contributed by atoms with Crippen molar-refractivity contribution >= 4 is 22.7 Å². The first-order chi connectivity index (χ1) is 10.3. The summed E-state index contributed by atoms with van der Waals surface area (Å²) in [6.45, 7) is 2.87. The number of ether oxygens (including phenoxy) is 1. The van der Waals surface area contributed by atoms with Crippen molar-refractivity contribution in [2.75, 3.05) is 7.11 Å². The molecule has 3 rings (SSSR count). The van der Waals surface area contributed by atoms with E-state index in [1.54, 1.807) is 7.11 Å². The van der Waals surface area contributed by atoms with E-state index < -0.39 is 0 Å². The van der Waals surface area contributed by atoms with Crippen molar-refractivity contribution in [2.45, 2.75) is 13.5 Å². The Bertz CT molecular complexity index is 775. The lowest BCUT2D eigenvalue weighted by Gasteiger charge is -2.01. The van der Waals surface area contributed by atoms with Crippen LogP contribution in [0.15, 0.2) is 58.8 Å². The summed E-state index contributed by atoms with van der Waals surface area (Å²) in [4.78, 5) is 4.51. The molecule has 0 unspecified atom stereocenters. The van der Waals surface area contributed by atoms with Crippen molar-refractivity contribution in [3.63, 3.8) is 0 Å². The number of benzene rings is 2. The first kappa shape index (κ1) is 13.3. The van der Waals surface area contributed by atoms with Crippen molar-refractivity contribution in [1.82, 2.24) is 9.55 Å². The smallest absolute Gasteiger partial charge is 0.250 e. The van der Waals surface area contributed by atoms with Crippen molar-refractivity contribution in [3.05, 3.63) is 48.5 Å². The van der Waals surface area contributed by atoms with Crippen LogP contribution in [-0.4, -0.2) is 16.7 Å². The quantitative estimate of drug-likeness (QED) is 0.661. The summed E-state index contributed by atoms with van der Waals surface area (Å²) in [6, 6.07) is 15.4. The topological polar surface area (TPSA) is 51.8 Å². The molecule has 106 valence electrons. The molecule has 5 heteroatoms. The van der Waals surface area contributed by atoms with Gasteiger partial charge in [-0.15, -0.1) is 10.2 Å². The molecule has 0 amide bonds. The zero-order valence-electron chi connectivity index (χ0n) is 12.0. The fourth-order valence-electron chi connectivity index (χ4n) is 2.20. The third-order valence-corrected chi connectivity index (χ3v) is 3.28. The minimum atomic E-state index is 0.620. The minimum Gasteiger partial charge on any atom is -0.497 e. The molecule has 0 spiro atoms. The van der Waals surface area contributed by atoms with E-state index in [1.165, 1.54) is 0 Å². The highest BCUT2D eigenvalue weighted by Gasteiger charge is 2.07. The Kier molecular flexibility index (Phi) is 3.64. The van der Waals surface area contributed by atoms with E-state index in [2.05, 4.69) is 22.1 Å². The summed E-state index contributed by atoms with van der Waals surface area (Å²) < 4.78 is 7.16. The molecule has 0 aliphatic carbocycles. The fraction of sp³-hybridized carbons (Fsp3) is 0.188. The molecule has 0 fully saturated rings. The van der Waals surface area contributed by atoms with Crippen molar-refractivity contribution < 1.29 is 4.74 Å². The van der Waals surface area contributed by atoms with Crippen LogP contribution in [0.2, 0.25) is 0 Å². The second kappa shape index (κ2) is 5.75. The molecule has 0 N–H and O–H groups in total. The Morgan fingerprint density at radius 2 is 1.81 bits per heavy atom. The first-order valence-electron chi connectivity index (χ1n) is 6.83. The number of nitrogens with zero attached hydrogens (tertiary/aromatic N) is 4. The molecule has 1 heterocycles. The van der Waals surface area contributed by atoms with Gasteiger partial charge >= 0.3 is 0 Å². The van der Waals surface area contributed by atoms with E-state index in [1.807, 2.05) is 53.1 Å². The van der Waals surface area contributed by atoms with Crippen LogP contribution in [0.3, 0.4) is 0 Å². The van der Waals surface area contributed by atoms with Gasteiger partial charge < -0.3 is 9.30 Å². The molecule has 21 heavy (non-hydrogen) atoms. The summed E-state index contributed by atoms with van der Waals surface area (Å²) in [5.41, 5.74) is 2.78. The van der Waals surface area contributed by atoms with Gasteiger partial charge in [-0.1, -0.05) is 12.1 Å². The van der Waals surface area contributed by atoms with Gasteiger partial charge in [0.2, 0.25) is 5.95 Å². The Hall–Kier alpha value is -2.69. The van der Waals surface area contributed by atoms with Crippen LogP contribution in [0.25, 0.3) is 11.0 Å². The minimum absolute atomic E-state index is 0.620. The lowest BCUT2D eigenvalue weighted by atomic mass is 10.3. The second-order valence-electron chi connectivity index (χ2n) is 4.54. The van der Waals surface area contributed by atoms with Gasteiger partial charge in [-0.25, -0.2) is 4.98 Å². The Morgan fingerprint density at radius 1 is 1.05 bits per heavy atom. The van der Waals surface area contributed by atoms with E-state index in [9.17, 15) is 0 Å². The number of para-hydroxylation sites is 2. The van der Waals surface area contributed by atoms with Gasteiger partial charge in [-0.2, -0.15) is 0 Å². The van der Waals surface area contributed by atoms with Crippen LogP contribution in [0.5, 0.6) is 5.75 Å². The van der Waals surface area contributed by atoms with Crippen molar-refractivity contribution in [3.8, 4) is 5.75 Å². The predicted octanol–water partition coefficient (Wildman–Crippen LogP) is 4.48. The number of aromatic nitrogens is 2. The van der Waals surface area contributed by atoms with Crippen LogP contribution in [0, 0.1) is 0 Å². The van der Waals surface area contributed by atoms with Crippen LogP contribution < -0.4 is 4.74 Å². The van der Waals surface area contributed by atoms with Gasteiger partial charge in [0.1, 0.15) is 5.75 Å². The van der Waals surface area contributed by atoms with Gasteiger partial charge in [0.15, 0.2) is 0 Å². The van der Waals surface area contributed by atoms with Gasteiger partial charge in [0.25, 0.3) is 0 Å². The molecule has 0 aliphatic rings. The van der Waals surface area contributed by atoms with Crippen LogP contribution in [0.1, 0.15) is 6.92 Å². The maximum absolute atomic E-state index is 5.12. The van der Waals surface area contributed by atoms with Gasteiger partial charge in [0.05, 0.1) is 23.8 Å². The first-order valence-corrected chi connectivity index (χ1v) is 6.83. The number of hydrogen-bond acceptors (Lipinski definition) is 4. The van der Waals surface area contributed by atoms with Crippen LogP contribution in [-0.2, 0) is 6.54 Å². The second-order valence-corrected chi connectivity index (χ2v) is 4.54. The predicted molar refractivity (Wildman–Crippen MR) is 82.6 cm³/mol. The number of rotatable bonds is 4. The monoisotopic (exact) mass is 280 g/mol. The molecule has 0 saturated heterocycles. The molecule has 0 aliphatic heterocycles. The van der Waals surface area contributed by atoms with Crippen molar-refractivity contribution in [2.24, 2.45) is 10.2 Å². The third-order valence-electron chi connectivity index (χ3n) is 3.28. The van der Waals surface area contributed by atoms with E-state index in [4.69, 9.17) is 4.74 Å². The highest BCUT2D eigenvalue weighted by molar-refractivity contribution is 5.77. The zero-order valence-corrected chi connectivity index (χ0v) is 12.0. The lowest BCUT2D eigenvalue weighted by molar-refractivity contribution is 0.415. The molecular weight excluding hydrogens is 264 g/mol.